The van der Waals surface area contributed by atoms with Gasteiger partial charge in [-0.05, 0) is 38.1 Å². The molecule has 0 bridgehead atoms. The first kappa shape index (κ1) is 18.2. The second kappa shape index (κ2) is 5.98. The lowest BCUT2D eigenvalue weighted by molar-refractivity contribution is -0.0886. The number of nitrogens with zero attached hydrogens (tertiary/aromatic N) is 1. The van der Waals surface area contributed by atoms with Gasteiger partial charge in [0.25, 0.3) is 11.3 Å². The number of rotatable bonds is 2. The van der Waals surface area contributed by atoms with Crippen LogP contribution in [0.5, 0.6) is 5.75 Å². The van der Waals surface area contributed by atoms with E-state index < -0.39 is 40.8 Å². The van der Waals surface area contributed by atoms with E-state index in [1.54, 1.807) is 19.9 Å². The maximum Gasteiger partial charge on any atom is 0.454 e. The fourth-order valence-corrected chi connectivity index (χ4v) is 3.04. The third-order valence-electron chi connectivity index (χ3n) is 4.38. The van der Waals surface area contributed by atoms with Gasteiger partial charge >= 0.3 is 6.18 Å². The van der Waals surface area contributed by atoms with Gasteiger partial charge in [0.1, 0.15) is 17.5 Å². The molecule has 26 heavy (non-hydrogen) atoms. The number of carbonyl (C=O) groups excluding carboxylic acids is 1. The van der Waals surface area contributed by atoms with Gasteiger partial charge < -0.3 is 14.4 Å². The maximum atomic E-state index is 12.8. The van der Waals surface area contributed by atoms with Crippen molar-refractivity contribution in [2.75, 3.05) is 0 Å². The first-order chi connectivity index (χ1) is 12.0. The number of ketones is 1. The molecular weight excluding hydrogens is 351 g/mol. The van der Waals surface area contributed by atoms with Crippen LogP contribution in [0.3, 0.4) is 0 Å². The standard InChI is InChI=1S/C18H16F3NO4/c1-17(2)16(25)14(22-8-4-3-5-13(22)23)11-9-10(6-7-12(11)26-17)15(24)18(19,20)21/h3-9,14,16,25H,1-2H3/t14-,16+/m1/s1. The number of benzene rings is 1. The van der Waals surface area contributed by atoms with Gasteiger partial charge in [0.15, 0.2) is 0 Å². The van der Waals surface area contributed by atoms with E-state index in [4.69, 9.17) is 4.74 Å². The molecule has 1 N–H and O–H groups in total. The van der Waals surface area contributed by atoms with Crippen molar-refractivity contribution in [3.8, 4) is 5.75 Å². The minimum Gasteiger partial charge on any atom is -0.485 e. The van der Waals surface area contributed by atoms with Crippen molar-refractivity contribution >= 4 is 5.78 Å². The van der Waals surface area contributed by atoms with Crippen LogP contribution in [0.25, 0.3) is 0 Å². The van der Waals surface area contributed by atoms with Crippen LogP contribution in [0.2, 0.25) is 0 Å². The van der Waals surface area contributed by atoms with Crippen LogP contribution >= 0.6 is 0 Å². The largest absolute Gasteiger partial charge is 0.485 e. The third kappa shape index (κ3) is 3.01. The molecule has 0 saturated heterocycles. The Morgan fingerprint density at radius 1 is 1.23 bits per heavy atom. The van der Waals surface area contributed by atoms with E-state index in [9.17, 15) is 27.9 Å². The second-order valence-electron chi connectivity index (χ2n) is 6.62. The Bertz CT molecular complexity index is 917. The number of alkyl halides is 3. The lowest BCUT2D eigenvalue weighted by Gasteiger charge is -2.42. The third-order valence-corrected chi connectivity index (χ3v) is 4.38. The normalized spacial score (nSPS) is 21.6. The van der Waals surface area contributed by atoms with E-state index in [0.29, 0.717) is 0 Å². The van der Waals surface area contributed by atoms with E-state index in [1.807, 2.05) is 0 Å². The van der Waals surface area contributed by atoms with Crippen LogP contribution in [-0.2, 0) is 0 Å². The summed E-state index contributed by atoms with van der Waals surface area (Å²) >= 11 is 0. The number of carbonyl (C=O) groups is 1. The van der Waals surface area contributed by atoms with Crippen LogP contribution in [-0.4, -0.2) is 33.3 Å². The molecule has 8 heteroatoms. The minimum absolute atomic E-state index is 0.139. The van der Waals surface area contributed by atoms with Crippen LogP contribution < -0.4 is 10.3 Å². The Morgan fingerprint density at radius 2 is 1.92 bits per heavy atom. The Hall–Kier alpha value is -2.61. The number of hydrogen-bond acceptors (Lipinski definition) is 4. The van der Waals surface area contributed by atoms with E-state index in [1.165, 1.54) is 29.0 Å². The zero-order valence-corrected chi connectivity index (χ0v) is 13.9. The molecule has 0 saturated carbocycles. The average molecular weight is 367 g/mol. The van der Waals surface area contributed by atoms with Crippen molar-refractivity contribution in [3.05, 3.63) is 64.1 Å². The highest BCUT2D eigenvalue weighted by Gasteiger charge is 2.45. The van der Waals surface area contributed by atoms with Crippen molar-refractivity contribution in [2.45, 2.75) is 37.8 Å². The van der Waals surface area contributed by atoms with Gasteiger partial charge in [-0.15, -0.1) is 0 Å². The molecule has 3 rings (SSSR count). The molecule has 1 aromatic carbocycles. The number of aromatic nitrogens is 1. The molecule has 2 atom stereocenters. The lowest BCUT2D eigenvalue weighted by atomic mass is 9.85. The number of pyridine rings is 1. The summed E-state index contributed by atoms with van der Waals surface area (Å²) in [7, 11) is 0. The summed E-state index contributed by atoms with van der Waals surface area (Å²) in [6, 6.07) is 6.66. The van der Waals surface area contributed by atoms with E-state index in [0.717, 1.165) is 12.1 Å². The van der Waals surface area contributed by atoms with Crippen molar-refractivity contribution in [1.82, 2.24) is 4.57 Å². The number of Topliss-reactive ketones (excluding diaryl/α,β-unsaturated/α-hetero) is 1. The van der Waals surface area contributed by atoms with Crippen molar-refractivity contribution in [3.63, 3.8) is 0 Å². The number of aliphatic hydroxyl groups excluding tert-OH is 1. The smallest absolute Gasteiger partial charge is 0.454 e. The molecule has 0 aliphatic carbocycles. The molecule has 0 radical (unpaired) electrons. The maximum absolute atomic E-state index is 12.8. The number of halogens is 3. The van der Waals surface area contributed by atoms with E-state index in [-0.39, 0.29) is 11.3 Å². The molecule has 5 nitrogen and oxygen atoms in total. The lowest BCUT2D eigenvalue weighted by Crippen LogP contribution is -2.52. The zero-order chi connectivity index (χ0) is 19.3. The van der Waals surface area contributed by atoms with Crippen LogP contribution in [0.1, 0.15) is 35.8 Å². The molecule has 1 aliphatic heterocycles. The van der Waals surface area contributed by atoms with Crippen molar-refractivity contribution in [2.24, 2.45) is 0 Å². The summed E-state index contributed by atoms with van der Waals surface area (Å²) in [5.74, 6) is -1.79. The second-order valence-corrected chi connectivity index (χ2v) is 6.62. The van der Waals surface area contributed by atoms with Gasteiger partial charge in [-0.1, -0.05) is 6.07 Å². The monoisotopic (exact) mass is 367 g/mol. The molecule has 0 unspecified atom stereocenters. The molecule has 0 amide bonds. The first-order valence-electron chi connectivity index (χ1n) is 7.82. The summed E-state index contributed by atoms with van der Waals surface area (Å²) < 4.78 is 45.2. The first-order valence-corrected chi connectivity index (χ1v) is 7.82. The summed E-state index contributed by atoms with van der Waals surface area (Å²) in [4.78, 5) is 23.8. The summed E-state index contributed by atoms with van der Waals surface area (Å²) in [5, 5.41) is 10.7. The number of hydrogen-bond donors (Lipinski definition) is 1. The molecule has 2 aromatic rings. The Balaban J connectivity index is 2.21. The Morgan fingerprint density at radius 3 is 2.54 bits per heavy atom. The number of ether oxygens (including phenoxy) is 1. The molecule has 1 aliphatic rings. The van der Waals surface area contributed by atoms with Crippen LogP contribution in [0.4, 0.5) is 13.2 Å². The SMILES string of the molecule is CC1(C)Oc2ccc(C(=O)C(F)(F)F)cc2[C@@H](n2ccccc2=O)[C@@H]1O. The molecule has 2 heterocycles. The van der Waals surface area contributed by atoms with Gasteiger partial charge in [-0.2, -0.15) is 13.2 Å². The van der Waals surface area contributed by atoms with Gasteiger partial charge in [0, 0.05) is 23.4 Å². The summed E-state index contributed by atoms with van der Waals surface area (Å²) in [5.41, 5.74) is -1.98. The zero-order valence-electron chi connectivity index (χ0n) is 13.9. The number of fused-ring (bicyclic) bond motifs is 1. The van der Waals surface area contributed by atoms with Crippen LogP contribution in [0.15, 0.2) is 47.4 Å². The molecule has 1 aromatic heterocycles. The predicted octanol–water partition coefficient (Wildman–Crippen LogP) is 2.71. The Labute approximate surface area is 146 Å². The quantitative estimate of drug-likeness (QED) is 0.829. The van der Waals surface area contributed by atoms with Crippen LogP contribution in [0, 0.1) is 0 Å². The predicted molar refractivity (Wildman–Crippen MR) is 86.4 cm³/mol. The van der Waals surface area contributed by atoms with Gasteiger partial charge in [0.05, 0.1) is 6.04 Å². The molecule has 0 fully saturated rings. The average Bonchev–Trinajstić information content (AvgIpc) is 2.55. The number of aliphatic hydroxyl groups is 1. The molecule has 138 valence electrons. The highest BCUT2D eigenvalue weighted by Crippen LogP contribution is 2.42. The van der Waals surface area contributed by atoms with Crippen molar-refractivity contribution < 1.29 is 27.8 Å². The molecule has 0 spiro atoms. The molecular formula is C18H16F3NO4. The Kier molecular flexibility index (Phi) is 4.18. The van der Waals surface area contributed by atoms with Gasteiger partial charge in [-0.3, -0.25) is 9.59 Å². The highest BCUT2D eigenvalue weighted by atomic mass is 19.4. The van der Waals surface area contributed by atoms with E-state index in [2.05, 4.69) is 0 Å². The van der Waals surface area contributed by atoms with Gasteiger partial charge in [0.2, 0.25) is 0 Å². The van der Waals surface area contributed by atoms with Crippen molar-refractivity contribution in [1.29, 1.82) is 0 Å². The van der Waals surface area contributed by atoms with Gasteiger partial charge in [-0.25, -0.2) is 0 Å². The summed E-state index contributed by atoms with van der Waals surface area (Å²) in [6.45, 7) is 3.22. The van der Waals surface area contributed by atoms with E-state index >= 15 is 0 Å². The fourth-order valence-electron chi connectivity index (χ4n) is 3.04. The highest BCUT2D eigenvalue weighted by molar-refractivity contribution is 6.00. The minimum atomic E-state index is -5.03. The summed E-state index contributed by atoms with van der Waals surface area (Å²) in [6.07, 6.45) is -4.83. The topological polar surface area (TPSA) is 68.5 Å². The fraction of sp³-hybridized carbons (Fsp3) is 0.333.